The molecule has 7 heteroatoms. The molecule has 25 heavy (non-hydrogen) atoms. The topological polar surface area (TPSA) is 93.3 Å². The van der Waals surface area contributed by atoms with Crippen molar-refractivity contribution >= 4 is 11.6 Å². The van der Waals surface area contributed by atoms with E-state index in [1.165, 1.54) is 6.07 Å². The molecule has 1 aromatic heterocycles. The van der Waals surface area contributed by atoms with Crippen LogP contribution in [-0.2, 0) is 0 Å². The van der Waals surface area contributed by atoms with Crippen LogP contribution in [0.3, 0.4) is 0 Å². The second kappa shape index (κ2) is 6.12. The number of anilines is 1. The molecule has 2 heterocycles. The van der Waals surface area contributed by atoms with Crippen molar-refractivity contribution in [3.8, 4) is 22.8 Å². The van der Waals surface area contributed by atoms with E-state index in [1.807, 2.05) is 18.2 Å². The Bertz CT molecular complexity index is 993. The van der Waals surface area contributed by atoms with Gasteiger partial charge >= 0.3 is 0 Å². The fourth-order valence-electron chi connectivity index (χ4n) is 2.54. The fourth-order valence-corrected chi connectivity index (χ4v) is 2.54. The van der Waals surface area contributed by atoms with Crippen LogP contribution in [0, 0.1) is 0 Å². The molecule has 2 N–H and O–H groups in total. The number of ether oxygens (including phenoxy) is 2. The van der Waals surface area contributed by atoms with Crippen LogP contribution in [0.25, 0.3) is 11.3 Å². The van der Waals surface area contributed by atoms with E-state index in [9.17, 15) is 9.59 Å². The zero-order chi connectivity index (χ0) is 17.2. The molecule has 0 fully saturated rings. The minimum absolute atomic E-state index is 0.154. The minimum atomic E-state index is -0.286. The van der Waals surface area contributed by atoms with Gasteiger partial charge in [-0.05, 0) is 30.3 Å². The van der Waals surface area contributed by atoms with Gasteiger partial charge in [0.2, 0.25) is 6.79 Å². The SMILES string of the molecule is O=C(Nc1ccccc1-c1ccc(=O)[nH]n1)c1ccc2c(c1)OCO2. The molecular weight excluding hydrogens is 322 g/mol. The van der Waals surface area contributed by atoms with Gasteiger partial charge < -0.3 is 14.8 Å². The number of nitrogens with one attached hydrogen (secondary N) is 2. The molecule has 0 atom stereocenters. The van der Waals surface area contributed by atoms with Crippen LogP contribution in [0.2, 0.25) is 0 Å². The summed E-state index contributed by atoms with van der Waals surface area (Å²) in [4.78, 5) is 23.7. The number of para-hydroxylation sites is 1. The van der Waals surface area contributed by atoms with Gasteiger partial charge in [0.05, 0.1) is 11.4 Å². The first-order valence-electron chi connectivity index (χ1n) is 7.57. The average Bonchev–Trinajstić information content (AvgIpc) is 3.11. The zero-order valence-electron chi connectivity index (χ0n) is 13.0. The Morgan fingerprint density at radius 3 is 2.72 bits per heavy atom. The Labute approximate surface area is 142 Å². The number of rotatable bonds is 3. The van der Waals surface area contributed by atoms with Gasteiger partial charge in [0.15, 0.2) is 11.5 Å². The van der Waals surface area contributed by atoms with Crippen LogP contribution in [0.4, 0.5) is 5.69 Å². The molecular formula is C18H13N3O4. The van der Waals surface area contributed by atoms with Crippen LogP contribution in [0.1, 0.15) is 10.4 Å². The van der Waals surface area contributed by atoms with Crippen molar-refractivity contribution in [2.24, 2.45) is 0 Å². The molecule has 0 spiro atoms. The molecule has 7 nitrogen and oxygen atoms in total. The summed E-state index contributed by atoms with van der Waals surface area (Å²) in [7, 11) is 0. The van der Waals surface area contributed by atoms with Gasteiger partial charge in [-0.2, -0.15) is 5.10 Å². The van der Waals surface area contributed by atoms with Crippen molar-refractivity contribution < 1.29 is 14.3 Å². The molecule has 3 aromatic rings. The van der Waals surface area contributed by atoms with Crippen molar-refractivity contribution in [1.82, 2.24) is 10.2 Å². The maximum atomic E-state index is 12.6. The van der Waals surface area contributed by atoms with Gasteiger partial charge in [-0.25, -0.2) is 5.10 Å². The number of amides is 1. The molecule has 1 aliphatic heterocycles. The molecule has 124 valence electrons. The van der Waals surface area contributed by atoms with Gasteiger partial charge in [-0.15, -0.1) is 0 Å². The second-order valence-electron chi connectivity index (χ2n) is 5.37. The number of benzene rings is 2. The first-order valence-corrected chi connectivity index (χ1v) is 7.57. The molecule has 0 saturated heterocycles. The molecule has 1 aliphatic rings. The maximum absolute atomic E-state index is 12.6. The van der Waals surface area contributed by atoms with Gasteiger partial charge in [-0.3, -0.25) is 9.59 Å². The Kier molecular flexibility index (Phi) is 3.66. The lowest BCUT2D eigenvalue weighted by molar-refractivity contribution is 0.102. The van der Waals surface area contributed by atoms with Gasteiger partial charge in [0.25, 0.3) is 11.5 Å². The summed E-state index contributed by atoms with van der Waals surface area (Å²) in [6, 6.07) is 15.2. The van der Waals surface area contributed by atoms with Crippen molar-refractivity contribution in [2.45, 2.75) is 0 Å². The number of carbonyl (C=O) groups excluding carboxylic acids is 1. The number of fused-ring (bicyclic) bond motifs is 1. The van der Waals surface area contributed by atoms with E-state index in [0.29, 0.717) is 34.0 Å². The highest BCUT2D eigenvalue weighted by Gasteiger charge is 2.17. The monoisotopic (exact) mass is 335 g/mol. The molecule has 4 rings (SSSR count). The standard InChI is InChI=1S/C18H13N3O4/c22-17-8-6-14(20-21-17)12-3-1-2-4-13(12)19-18(23)11-5-7-15-16(9-11)25-10-24-15/h1-9H,10H2,(H,19,23)(H,21,22). The highest BCUT2D eigenvalue weighted by molar-refractivity contribution is 6.06. The molecule has 2 aromatic carbocycles. The lowest BCUT2D eigenvalue weighted by Gasteiger charge is -2.10. The van der Waals surface area contributed by atoms with Crippen LogP contribution >= 0.6 is 0 Å². The number of aromatic nitrogens is 2. The van der Waals surface area contributed by atoms with Crippen molar-refractivity contribution in [3.05, 3.63) is 70.5 Å². The molecule has 0 aliphatic carbocycles. The first kappa shape index (κ1) is 14.9. The average molecular weight is 335 g/mol. The number of hydrogen-bond donors (Lipinski definition) is 2. The van der Waals surface area contributed by atoms with Crippen LogP contribution in [-0.4, -0.2) is 22.9 Å². The van der Waals surface area contributed by atoms with Crippen LogP contribution < -0.4 is 20.3 Å². The Hall–Kier alpha value is -3.61. The van der Waals surface area contributed by atoms with Gasteiger partial charge in [-0.1, -0.05) is 18.2 Å². The summed E-state index contributed by atoms with van der Waals surface area (Å²) in [6.07, 6.45) is 0. The van der Waals surface area contributed by atoms with E-state index in [1.54, 1.807) is 30.3 Å². The molecule has 1 amide bonds. The van der Waals surface area contributed by atoms with E-state index in [0.717, 1.165) is 0 Å². The molecule has 0 saturated carbocycles. The van der Waals surface area contributed by atoms with Crippen LogP contribution in [0.15, 0.2) is 59.4 Å². The number of hydrogen-bond acceptors (Lipinski definition) is 5. The van der Waals surface area contributed by atoms with E-state index >= 15 is 0 Å². The number of nitrogens with zero attached hydrogens (tertiary/aromatic N) is 1. The first-order chi connectivity index (χ1) is 12.2. The number of aromatic amines is 1. The molecule has 0 unspecified atom stereocenters. The Balaban J connectivity index is 1.64. The lowest BCUT2D eigenvalue weighted by atomic mass is 10.1. The van der Waals surface area contributed by atoms with E-state index in [4.69, 9.17) is 9.47 Å². The zero-order valence-corrected chi connectivity index (χ0v) is 13.0. The number of carbonyl (C=O) groups is 1. The van der Waals surface area contributed by atoms with Gasteiger partial charge in [0, 0.05) is 17.2 Å². The largest absolute Gasteiger partial charge is 0.454 e. The third-order valence-corrected chi connectivity index (χ3v) is 3.77. The summed E-state index contributed by atoms with van der Waals surface area (Å²) < 4.78 is 10.5. The normalized spacial score (nSPS) is 12.0. The fraction of sp³-hybridized carbons (Fsp3) is 0.0556. The summed E-state index contributed by atoms with van der Waals surface area (Å²) in [6.45, 7) is 0.154. The lowest BCUT2D eigenvalue weighted by Crippen LogP contribution is -2.13. The highest BCUT2D eigenvalue weighted by Crippen LogP contribution is 2.33. The Morgan fingerprint density at radius 1 is 1.04 bits per heavy atom. The van der Waals surface area contributed by atoms with E-state index < -0.39 is 0 Å². The molecule has 0 radical (unpaired) electrons. The summed E-state index contributed by atoms with van der Waals surface area (Å²) in [5, 5.41) is 9.27. The smallest absolute Gasteiger partial charge is 0.264 e. The van der Waals surface area contributed by atoms with Crippen molar-refractivity contribution in [2.75, 3.05) is 12.1 Å². The summed E-state index contributed by atoms with van der Waals surface area (Å²) >= 11 is 0. The highest BCUT2D eigenvalue weighted by atomic mass is 16.7. The third kappa shape index (κ3) is 2.94. The maximum Gasteiger partial charge on any atom is 0.264 e. The van der Waals surface area contributed by atoms with Crippen LogP contribution in [0.5, 0.6) is 11.5 Å². The predicted octanol–water partition coefficient (Wildman–Crippen LogP) is 2.42. The van der Waals surface area contributed by atoms with Gasteiger partial charge in [0.1, 0.15) is 0 Å². The quantitative estimate of drug-likeness (QED) is 0.767. The summed E-state index contributed by atoms with van der Waals surface area (Å²) in [5.74, 6) is 0.882. The predicted molar refractivity (Wildman–Crippen MR) is 90.8 cm³/mol. The van der Waals surface area contributed by atoms with E-state index in [2.05, 4.69) is 15.5 Å². The molecule has 0 bridgehead atoms. The minimum Gasteiger partial charge on any atom is -0.454 e. The summed E-state index contributed by atoms with van der Waals surface area (Å²) in [5.41, 5.74) is 2.01. The third-order valence-electron chi connectivity index (χ3n) is 3.77. The second-order valence-corrected chi connectivity index (χ2v) is 5.37. The number of H-pyrrole nitrogens is 1. The van der Waals surface area contributed by atoms with Crippen molar-refractivity contribution in [1.29, 1.82) is 0 Å². The Morgan fingerprint density at radius 2 is 1.88 bits per heavy atom. The van der Waals surface area contributed by atoms with Crippen molar-refractivity contribution in [3.63, 3.8) is 0 Å². The van der Waals surface area contributed by atoms with E-state index in [-0.39, 0.29) is 18.3 Å².